The van der Waals surface area contributed by atoms with Crippen LogP contribution in [0.4, 0.5) is 0 Å². The first-order chi connectivity index (χ1) is 3.93. The molecule has 0 saturated carbocycles. The van der Waals surface area contributed by atoms with Gasteiger partial charge in [-0.15, -0.1) is 21.6 Å². The second-order valence-corrected chi connectivity index (χ2v) is 1.97. The minimum Gasteiger partial charge on any atom is -0.264 e. The fourth-order valence-electron chi connectivity index (χ4n) is 0.519. The van der Waals surface area contributed by atoms with Crippen molar-refractivity contribution < 1.29 is 0 Å². The lowest BCUT2D eigenvalue weighted by Crippen LogP contribution is -1.75. The van der Waals surface area contributed by atoms with E-state index >= 15 is 0 Å². The van der Waals surface area contributed by atoms with Gasteiger partial charge in [-0.25, -0.2) is 0 Å². The Kier molecular flexibility index (Phi) is 4.65. The molecule has 1 nitrogen and oxygen atoms in total. The Hall–Kier alpha value is -0.130. The summed E-state index contributed by atoms with van der Waals surface area (Å²) in [6.45, 7) is 0. The van der Waals surface area contributed by atoms with E-state index in [1.54, 1.807) is 6.20 Å². The first-order valence-electron chi connectivity index (χ1n) is 2.52. The van der Waals surface area contributed by atoms with Crippen molar-refractivity contribution in [3.63, 3.8) is 0 Å². The van der Waals surface area contributed by atoms with Crippen molar-refractivity contribution in [3.05, 3.63) is 30.1 Å². The van der Waals surface area contributed by atoms with Gasteiger partial charge in [0.15, 0.2) is 0 Å². The molecule has 1 atom stereocenters. The van der Waals surface area contributed by atoms with Gasteiger partial charge >= 0.3 is 0 Å². The van der Waals surface area contributed by atoms with Crippen molar-refractivity contribution in [3.8, 4) is 0 Å². The largest absolute Gasteiger partial charge is 0.264 e. The van der Waals surface area contributed by atoms with Gasteiger partial charge in [0.1, 0.15) is 0 Å². The summed E-state index contributed by atoms with van der Waals surface area (Å²) in [6, 6.07) is 4.00. The van der Waals surface area contributed by atoms with Gasteiger partial charge in [-0.3, -0.25) is 4.98 Å². The maximum absolute atomic E-state index is 3.94. The van der Waals surface area contributed by atoms with Crippen LogP contribution in [0.3, 0.4) is 0 Å². The molecule has 3 heteroatoms. The van der Waals surface area contributed by atoms with Gasteiger partial charge in [-0.05, 0) is 17.8 Å². The quantitative estimate of drug-likeness (QED) is 0.573. The van der Waals surface area contributed by atoms with Crippen LogP contribution in [-0.2, 0) is 6.16 Å². The monoisotopic (exact) mass is 161 g/mol. The van der Waals surface area contributed by atoms with Crippen molar-refractivity contribution in [1.29, 1.82) is 0 Å². The summed E-state index contributed by atoms with van der Waals surface area (Å²) in [7, 11) is 2.65. The highest BCUT2D eigenvalue weighted by molar-refractivity contribution is 7.15. The Morgan fingerprint density at radius 1 is 1.56 bits per heavy atom. The predicted octanol–water partition coefficient (Wildman–Crippen LogP) is 1.88. The third-order valence-electron chi connectivity index (χ3n) is 0.958. The van der Waals surface area contributed by atoms with E-state index in [2.05, 4.69) is 20.3 Å². The van der Waals surface area contributed by atoms with E-state index in [0.29, 0.717) is 0 Å². The molecule has 0 radical (unpaired) electrons. The molecule has 1 rings (SSSR count). The molecule has 0 aliphatic heterocycles. The molecule has 0 aliphatic carbocycles. The van der Waals surface area contributed by atoms with E-state index < -0.39 is 0 Å². The molecule has 0 aliphatic rings. The molecular formula is C6H9ClNP. The zero-order chi connectivity index (χ0) is 5.82. The van der Waals surface area contributed by atoms with E-state index in [1.165, 1.54) is 5.56 Å². The van der Waals surface area contributed by atoms with Crippen molar-refractivity contribution in [2.45, 2.75) is 6.16 Å². The van der Waals surface area contributed by atoms with Crippen molar-refractivity contribution in [1.82, 2.24) is 4.98 Å². The number of halogens is 1. The number of pyridine rings is 1. The fraction of sp³-hybridized carbons (Fsp3) is 0.167. The molecule has 0 spiro atoms. The summed E-state index contributed by atoms with van der Waals surface area (Å²) < 4.78 is 0. The van der Waals surface area contributed by atoms with Crippen LogP contribution in [-0.4, -0.2) is 4.98 Å². The second-order valence-electron chi connectivity index (χ2n) is 1.57. The summed E-state index contributed by atoms with van der Waals surface area (Å²) in [6.07, 6.45) is 4.64. The zero-order valence-electron chi connectivity index (χ0n) is 4.95. The molecule has 0 amide bonds. The van der Waals surface area contributed by atoms with E-state index in [0.717, 1.165) is 6.16 Å². The lowest BCUT2D eigenvalue weighted by Gasteiger charge is -1.88. The lowest BCUT2D eigenvalue weighted by molar-refractivity contribution is 1.25. The topological polar surface area (TPSA) is 12.9 Å². The maximum Gasteiger partial charge on any atom is 0.0303 e. The standard InChI is InChI=1S/C6H8NP.ClH/c8-5-6-2-1-3-7-4-6;/h1-4H,5,8H2;1H. The first-order valence-corrected chi connectivity index (χ1v) is 3.34. The van der Waals surface area contributed by atoms with Crippen molar-refractivity contribution in [2.75, 3.05) is 0 Å². The molecule has 0 bridgehead atoms. The predicted molar refractivity (Wildman–Crippen MR) is 44.9 cm³/mol. The van der Waals surface area contributed by atoms with Crippen LogP contribution in [0.2, 0.25) is 0 Å². The number of hydrogen-bond donors (Lipinski definition) is 0. The van der Waals surface area contributed by atoms with Crippen molar-refractivity contribution >= 4 is 21.6 Å². The van der Waals surface area contributed by atoms with Gasteiger partial charge < -0.3 is 0 Å². The highest BCUT2D eigenvalue weighted by Gasteiger charge is 1.81. The summed E-state index contributed by atoms with van der Waals surface area (Å²) in [4.78, 5) is 3.94. The Morgan fingerprint density at radius 3 is 2.67 bits per heavy atom. The van der Waals surface area contributed by atoms with Gasteiger partial charge in [0, 0.05) is 12.4 Å². The molecule has 1 aromatic heterocycles. The minimum absolute atomic E-state index is 0. The summed E-state index contributed by atoms with van der Waals surface area (Å²) in [5, 5.41) is 0. The third-order valence-corrected chi connectivity index (χ3v) is 1.43. The summed E-state index contributed by atoms with van der Waals surface area (Å²) in [5.74, 6) is 0. The first kappa shape index (κ1) is 8.87. The van der Waals surface area contributed by atoms with Gasteiger partial charge in [0.2, 0.25) is 0 Å². The average molecular weight is 162 g/mol. The van der Waals surface area contributed by atoms with Crippen LogP contribution < -0.4 is 0 Å². The number of nitrogens with zero attached hydrogens (tertiary/aromatic N) is 1. The molecule has 1 aromatic rings. The summed E-state index contributed by atoms with van der Waals surface area (Å²) >= 11 is 0. The molecule has 1 heterocycles. The van der Waals surface area contributed by atoms with Gasteiger partial charge in [-0.1, -0.05) is 6.07 Å². The second kappa shape index (κ2) is 4.72. The lowest BCUT2D eigenvalue weighted by atomic mass is 10.3. The van der Waals surface area contributed by atoms with E-state index in [-0.39, 0.29) is 12.4 Å². The number of rotatable bonds is 1. The Balaban J connectivity index is 0.000000640. The third kappa shape index (κ3) is 2.78. The van der Waals surface area contributed by atoms with Crippen LogP contribution >= 0.6 is 21.6 Å². The highest BCUT2D eigenvalue weighted by Crippen LogP contribution is 2.00. The molecule has 9 heavy (non-hydrogen) atoms. The molecule has 1 unspecified atom stereocenters. The van der Waals surface area contributed by atoms with Crippen LogP contribution in [0.1, 0.15) is 5.56 Å². The van der Waals surface area contributed by atoms with E-state index in [1.807, 2.05) is 12.3 Å². The van der Waals surface area contributed by atoms with E-state index in [9.17, 15) is 0 Å². The van der Waals surface area contributed by atoms with Crippen LogP contribution in [0.5, 0.6) is 0 Å². The minimum atomic E-state index is 0. The SMILES string of the molecule is Cl.PCc1cccnc1. The maximum atomic E-state index is 3.94. The molecule has 50 valence electrons. The smallest absolute Gasteiger partial charge is 0.0303 e. The van der Waals surface area contributed by atoms with E-state index in [4.69, 9.17) is 0 Å². The van der Waals surface area contributed by atoms with Gasteiger partial charge in [-0.2, -0.15) is 0 Å². The highest BCUT2D eigenvalue weighted by atomic mass is 35.5. The van der Waals surface area contributed by atoms with Crippen molar-refractivity contribution in [2.24, 2.45) is 0 Å². The Bertz CT molecular complexity index is 154. The summed E-state index contributed by atoms with van der Waals surface area (Å²) in [5.41, 5.74) is 1.26. The molecular weight excluding hydrogens is 152 g/mol. The molecule has 0 aromatic carbocycles. The molecule has 0 saturated heterocycles. The molecule has 0 fully saturated rings. The van der Waals surface area contributed by atoms with Crippen LogP contribution in [0, 0.1) is 0 Å². The van der Waals surface area contributed by atoms with Crippen LogP contribution in [0.15, 0.2) is 24.5 Å². The average Bonchev–Trinajstić information content (AvgIpc) is 1.90. The Morgan fingerprint density at radius 2 is 2.33 bits per heavy atom. The number of aromatic nitrogens is 1. The normalized spacial score (nSPS) is 8.11. The fourth-order valence-corrected chi connectivity index (χ4v) is 0.760. The number of hydrogen-bond acceptors (Lipinski definition) is 1. The van der Waals surface area contributed by atoms with Gasteiger partial charge in [0.05, 0.1) is 0 Å². The zero-order valence-corrected chi connectivity index (χ0v) is 6.92. The Labute approximate surface area is 63.5 Å². The van der Waals surface area contributed by atoms with Gasteiger partial charge in [0.25, 0.3) is 0 Å². The van der Waals surface area contributed by atoms with Crippen LogP contribution in [0.25, 0.3) is 0 Å². The molecule has 0 N–H and O–H groups in total.